The van der Waals surface area contributed by atoms with Gasteiger partial charge < -0.3 is 14.4 Å². The number of hydrogen-bond acceptors (Lipinski definition) is 6. The summed E-state index contributed by atoms with van der Waals surface area (Å²) in [6.07, 6.45) is 3.74. The third-order valence-corrected chi connectivity index (χ3v) is 4.40. The standard InChI is InChI=1S/C17H21N5O3/c1-11-19-16(21-20-11)14-9-22(6-7-24-14)17(23)13-4-5-15(18-8-13)25-10-12-2-3-12/h4-5,8,12,14H,2-3,6-7,9-10H2,1H3,(H,19,20,21)/t14-/m1/s1. The molecule has 1 aliphatic carbocycles. The fourth-order valence-electron chi connectivity index (χ4n) is 2.76. The Hall–Kier alpha value is -2.48. The summed E-state index contributed by atoms with van der Waals surface area (Å²) in [5.41, 5.74) is 0.547. The van der Waals surface area contributed by atoms with Crippen LogP contribution in [-0.4, -0.2) is 57.3 Å². The topological polar surface area (TPSA) is 93.2 Å². The molecule has 0 unspecified atom stereocenters. The first-order valence-electron chi connectivity index (χ1n) is 8.57. The van der Waals surface area contributed by atoms with E-state index in [1.165, 1.54) is 12.8 Å². The predicted molar refractivity (Wildman–Crippen MR) is 88.2 cm³/mol. The van der Waals surface area contributed by atoms with Gasteiger partial charge in [-0.1, -0.05) is 0 Å². The molecular formula is C17H21N5O3. The summed E-state index contributed by atoms with van der Waals surface area (Å²) in [7, 11) is 0. The van der Waals surface area contributed by atoms with Gasteiger partial charge in [-0.15, -0.1) is 0 Å². The number of carbonyl (C=O) groups excluding carboxylic acids is 1. The quantitative estimate of drug-likeness (QED) is 0.884. The van der Waals surface area contributed by atoms with E-state index < -0.39 is 0 Å². The fraction of sp³-hybridized carbons (Fsp3) is 0.529. The van der Waals surface area contributed by atoms with E-state index in [0.717, 1.165) is 5.82 Å². The van der Waals surface area contributed by atoms with Crippen molar-refractivity contribution in [2.75, 3.05) is 26.3 Å². The van der Waals surface area contributed by atoms with Gasteiger partial charge in [-0.25, -0.2) is 9.97 Å². The van der Waals surface area contributed by atoms with Gasteiger partial charge in [-0.3, -0.25) is 9.89 Å². The molecule has 3 heterocycles. The number of aryl methyl sites for hydroxylation is 1. The fourth-order valence-corrected chi connectivity index (χ4v) is 2.76. The average molecular weight is 343 g/mol. The number of H-pyrrole nitrogens is 1. The van der Waals surface area contributed by atoms with Crippen molar-refractivity contribution in [3.05, 3.63) is 35.5 Å². The van der Waals surface area contributed by atoms with E-state index in [-0.39, 0.29) is 12.0 Å². The number of carbonyl (C=O) groups is 1. The van der Waals surface area contributed by atoms with Crippen molar-refractivity contribution in [2.24, 2.45) is 5.92 Å². The van der Waals surface area contributed by atoms with E-state index in [1.807, 2.05) is 6.92 Å². The number of amides is 1. The second-order valence-corrected chi connectivity index (χ2v) is 6.53. The van der Waals surface area contributed by atoms with Crippen LogP contribution in [-0.2, 0) is 4.74 Å². The molecule has 0 aromatic carbocycles. The van der Waals surface area contributed by atoms with Crippen LogP contribution in [0, 0.1) is 12.8 Å². The molecule has 1 saturated heterocycles. The molecular weight excluding hydrogens is 322 g/mol. The zero-order valence-corrected chi connectivity index (χ0v) is 14.1. The average Bonchev–Trinajstić information content (AvgIpc) is 3.39. The van der Waals surface area contributed by atoms with Gasteiger partial charge in [0.15, 0.2) is 5.82 Å². The zero-order valence-electron chi connectivity index (χ0n) is 14.1. The Bertz CT molecular complexity index is 741. The maximum atomic E-state index is 12.7. The minimum Gasteiger partial charge on any atom is -0.477 e. The van der Waals surface area contributed by atoms with Crippen molar-refractivity contribution in [3.8, 4) is 5.88 Å². The third kappa shape index (κ3) is 3.79. The molecule has 1 N–H and O–H groups in total. The van der Waals surface area contributed by atoms with Crippen molar-refractivity contribution in [1.29, 1.82) is 0 Å². The van der Waals surface area contributed by atoms with Gasteiger partial charge >= 0.3 is 0 Å². The van der Waals surface area contributed by atoms with Crippen molar-refractivity contribution in [1.82, 2.24) is 25.1 Å². The second-order valence-electron chi connectivity index (χ2n) is 6.53. The van der Waals surface area contributed by atoms with Crippen LogP contribution in [0.4, 0.5) is 0 Å². The van der Waals surface area contributed by atoms with Crippen LogP contribution in [0.5, 0.6) is 5.88 Å². The van der Waals surface area contributed by atoms with E-state index in [9.17, 15) is 4.79 Å². The van der Waals surface area contributed by atoms with E-state index in [4.69, 9.17) is 9.47 Å². The Morgan fingerprint density at radius 3 is 3.00 bits per heavy atom. The number of nitrogens with one attached hydrogen (secondary N) is 1. The summed E-state index contributed by atoms with van der Waals surface area (Å²) in [5, 5.41) is 6.93. The molecule has 0 spiro atoms. The van der Waals surface area contributed by atoms with Crippen LogP contribution < -0.4 is 4.74 Å². The van der Waals surface area contributed by atoms with E-state index in [2.05, 4.69) is 20.2 Å². The normalized spacial score (nSPS) is 20.5. The Morgan fingerprint density at radius 1 is 1.44 bits per heavy atom. The van der Waals surface area contributed by atoms with Crippen LogP contribution in [0.15, 0.2) is 18.3 Å². The van der Waals surface area contributed by atoms with Crippen LogP contribution in [0.25, 0.3) is 0 Å². The molecule has 25 heavy (non-hydrogen) atoms. The zero-order chi connectivity index (χ0) is 17.2. The van der Waals surface area contributed by atoms with Crippen molar-refractivity contribution in [2.45, 2.75) is 25.9 Å². The highest BCUT2D eigenvalue weighted by molar-refractivity contribution is 5.94. The minimum absolute atomic E-state index is 0.0678. The summed E-state index contributed by atoms with van der Waals surface area (Å²) in [6.45, 7) is 3.97. The monoisotopic (exact) mass is 343 g/mol. The number of hydrogen-bond donors (Lipinski definition) is 1. The van der Waals surface area contributed by atoms with E-state index in [0.29, 0.717) is 49.5 Å². The molecule has 2 aromatic rings. The number of rotatable bonds is 5. The van der Waals surface area contributed by atoms with Crippen LogP contribution in [0.2, 0.25) is 0 Å². The summed E-state index contributed by atoms with van der Waals surface area (Å²) >= 11 is 0. The smallest absolute Gasteiger partial charge is 0.255 e. The first-order chi connectivity index (χ1) is 12.2. The molecule has 1 aliphatic heterocycles. The van der Waals surface area contributed by atoms with Crippen LogP contribution >= 0.6 is 0 Å². The molecule has 1 saturated carbocycles. The predicted octanol–water partition coefficient (Wildman–Crippen LogP) is 1.51. The molecule has 0 bridgehead atoms. The number of pyridine rings is 1. The van der Waals surface area contributed by atoms with Gasteiger partial charge in [-0.05, 0) is 31.7 Å². The van der Waals surface area contributed by atoms with Gasteiger partial charge in [0.2, 0.25) is 5.88 Å². The molecule has 4 rings (SSSR count). The van der Waals surface area contributed by atoms with Crippen molar-refractivity contribution < 1.29 is 14.3 Å². The summed E-state index contributed by atoms with van der Waals surface area (Å²) in [5.74, 6) is 2.49. The van der Waals surface area contributed by atoms with Crippen LogP contribution in [0.3, 0.4) is 0 Å². The van der Waals surface area contributed by atoms with E-state index in [1.54, 1.807) is 23.2 Å². The van der Waals surface area contributed by atoms with E-state index >= 15 is 0 Å². The molecule has 2 aliphatic rings. The maximum Gasteiger partial charge on any atom is 0.255 e. The first-order valence-corrected chi connectivity index (χ1v) is 8.57. The third-order valence-electron chi connectivity index (χ3n) is 4.40. The van der Waals surface area contributed by atoms with Crippen LogP contribution in [0.1, 0.15) is 41.0 Å². The highest BCUT2D eigenvalue weighted by Crippen LogP contribution is 2.29. The number of nitrogens with zero attached hydrogens (tertiary/aromatic N) is 4. The van der Waals surface area contributed by atoms with Gasteiger partial charge in [0.1, 0.15) is 11.9 Å². The maximum absolute atomic E-state index is 12.7. The Kier molecular flexibility index (Phi) is 4.35. The highest BCUT2D eigenvalue weighted by Gasteiger charge is 2.28. The number of aromatic amines is 1. The van der Waals surface area contributed by atoms with Gasteiger partial charge in [0.05, 0.1) is 25.3 Å². The lowest BCUT2D eigenvalue weighted by atomic mass is 10.2. The second kappa shape index (κ2) is 6.79. The molecule has 2 aromatic heterocycles. The Balaban J connectivity index is 1.39. The Morgan fingerprint density at radius 2 is 2.32 bits per heavy atom. The lowest BCUT2D eigenvalue weighted by Gasteiger charge is -2.31. The first kappa shape index (κ1) is 16.0. The molecule has 132 valence electrons. The van der Waals surface area contributed by atoms with Crippen molar-refractivity contribution >= 4 is 5.91 Å². The molecule has 1 atom stereocenters. The van der Waals surface area contributed by atoms with Crippen molar-refractivity contribution in [3.63, 3.8) is 0 Å². The number of aromatic nitrogens is 4. The molecule has 1 amide bonds. The summed E-state index contributed by atoms with van der Waals surface area (Å²) in [4.78, 5) is 23.0. The largest absolute Gasteiger partial charge is 0.477 e. The van der Waals surface area contributed by atoms with Gasteiger partial charge in [0.25, 0.3) is 5.91 Å². The summed E-state index contributed by atoms with van der Waals surface area (Å²) < 4.78 is 11.3. The Labute approximate surface area is 145 Å². The SMILES string of the molecule is Cc1nc([C@H]2CN(C(=O)c3ccc(OCC4CC4)nc3)CCO2)n[nH]1. The number of ether oxygens (including phenoxy) is 2. The minimum atomic E-state index is -0.309. The lowest BCUT2D eigenvalue weighted by molar-refractivity contribution is -0.0266. The highest BCUT2D eigenvalue weighted by atomic mass is 16.5. The molecule has 0 radical (unpaired) electrons. The van der Waals surface area contributed by atoms with Gasteiger partial charge in [0, 0.05) is 18.8 Å². The van der Waals surface area contributed by atoms with Gasteiger partial charge in [-0.2, -0.15) is 5.10 Å². The summed E-state index contributed by atoms with van der Waals surface area (Å²) in [6, 6.07) is 3.52. The molecule has 8 heteroatoms. The molecule has 8 nitrogen and oxygen atoms in total. The lowest BCUT2D eigenvalue weighted by Crippen LogP contribution is -2.42. The number of morpholine rings is 1. The molecule has 2 fully saturated rings.